The zero-order chi connectivity index (χ0) is 11.2. The second kappa shape index (κ2) is 3.33. The number of fused-ring (bicyclic) bond motifs is 2. The zero-order valence-electron chi connectivity index (χ0n) is 9.47. The number of benzene rings is 1. The van der Waals surface area contributed by atoms with Crippen molar-refractivity contribution < 1.29 is 4.84 Å². The van der Waals surface area contributed by atoms with E-state index in [1.54, 1.807) is 0 Å². The van der Waals surface area contributed by atoms with Crippen LogP contribution in [0.2, 0.25) is 0 Å². The van der Waals surface area contributed by atoms with Gasteiger partial charge in [0.1, 0.15) is 12.3 Å². The van der Waals surface area contributed by atoms with Crippen LogP contribution in [0.25, 0.3) is 0 Å². The van der Waals surface area contributed by atoms with Crippen molar-refractivity contribution in [1.29, 1.82) is 0 Å². The number of oxime groups is 1. The van der Waals surface area contributed by atoms with Gasteiger partial charge in [-0.05, 0) is 23.8 Å². The van der Waals surface area contributed by atoms with Gasteiger partial charge in [-0.15, -0.1) is 0 Å². The molecule has 17 heavy (non-hydrogen) atoms. The predicted molar refractivity (Wildman–Crippen MR) is 66.6 cm³/mol. The summed E-state index contributed by atoms with van der Waals surface area (Å²) in [4.78, 5) is 5.35. The fourth-order valence-electron chi connectivity index (χ4n) is 2.77. The molecular weight excluding hydrogens is 210 g/mol. The minimum atomic E-state index is 0.594. The molecular formula is C15H13NO. The fourth-order valence-corrected chi connectivity index (χ4v) is 2.77. The highest BCUT2D eigenvalue weighted by molar-refractivity contribution is 6.14. The molecule has 1 aromatic rings. The normalized spacial score (nSPS) is 28.5. The number of hydrogen-bond acceptors (Lipinski definition) is 2. The Balaban J connectivity index is 1.82. The van der Waals surface area contributed by atoms with E-state index in [4.69, 9.17) is 4.84 Å². The summed E-state index contributed by atoms with van der Waals surface area (Å²) in [6, 6.07) is 8.39. The van der Waals surface area contributed by atoms with Crippen molar-refractivity contribution in [3.8, 4) is 0 Å². The molecule has 1 heterocycles. The first kappa shape index (κ1) is 9.23. The second-order valence-electron chi connectivity index (χ2n) is 4.88. The van der Waals surface area contributed by atoms with Crippen LogP contribution in [0.4, 0.5) is 0 Å². The molecule has 2 nitrogen and oxygen atoms in total. The molecule has 2 atom stereocenters. The third kappa shape index (κ3) is 1.37. The monoisotopic (exact) mass is 223 g/mol. The van der Waals surface area contributed by atoms with E-state index in [1.807, 2.05) is 0 Å². The summed E-state index contributed by atoms with van der Waals surface area (Å²) in [6.07, 6.45) is 7.91. The second-order valence-corrected chi connectivity index (χ2v) is 4.88. The average molecular weight is 223 g/mol. The number of hydrogen-bond donors (Lipinski definition) is 0. The summed E-state index contributed by atoms with van der Waals surface area (Å²) in [6.45, 7) is 0.594. The van der Waals surface area contributed by atoms with Gasteiger partial charge in [0.2, 0.25) is 0 Å². The van der Waals surface area contributed by atoms with Gasteiger partial charge in [-0.3, -0.25) is 0 Å². The van der Waals surface area contributed by atoms with E-state index in [-0.39, 0.29) is 0 Å². The summed E-state index contributed by atoms with van der Waals surface area (Å²) >= 11 is 0. The Morgan fingerprint density at radius 3 is 3.18 bits per heavy atom. The molecule has 3 aliphatic rings. The molecule has 0 spiro atoms. The minimum absolute atomic E-state index is 0.594. The lowest BCUT2D eigenvalue weighted by atomic mass is 9.92. The van der Waals surface area contributed by atoms with E-state index in [1.165, 1.54) is 23.1 Å². The molecule has 0 N–H and O–H groups in total. The molecule has 1 fully saturated rings. The molecule has 2 heteroatoms. The topological polar surface area (TPSA) is 21.6 Å². The maximum atomic E-state index is 5.35. The first-order chi connectivity index (χ1) is 8.43. The summed E-state index contributed by atoms with van der Waals surface area (Å²) in [5, 5.41) is 4.29. The lowest BCUT2D eigenvalue weighted by molar-refractivity contribution is 0.126. The van der Waals surface area contributed by atoms with Gasteiger partial charge in [-0.1, -0.05) is 47.6 Å². The number of nitrogens with zero attached hydrogens (tertiary/aromatic N) is 1. The molecule has 0 saturated heterocycles. The Kier molecular flexibility index (Phi) is 1.81. The summed E-state index contributed by atoms with van der Waals surface area (Å²) in [5.74, 6) is 1.42. The highest BCUT2D eigenvalue weighted by atomic mass is 16.6. The van der Waals surface area contributed by atoms with E-state index in [9.17, 15) is 0 Å². The quantitative estimate of drug-likeness (QED) is 0.717. The van der Waals surface area contributed by atoms with Crippen molar-refractivity contribution in [2.45, 2.75) is 13.0 Å². The van der Waals surface area contributed by atoms with Crippen LogP contribution in [0.5, 0.6) is 0 Å². The number of allylic oxidation sites excluding steroid dienone is 4. The molecule has 0 aromatic heterocycles. The lowest BCUT2D eigenvalue weighted by Gasteiger charge is -2.19. The van der Waals surface area contributed by atoms with E-state index in [0.717, 1.165) is 11.6 Å². The molecule has 0 radical (unpaired) electrons. The standard InChI is InChI=1S/C15H13NO/c1-2-6-12-11(4-1)9-17-16-15(12)13-7-3-5-10-8-14(10)13/h1-7,10,14H,8-9H2. The Bertz CT molecular complexity index is 568. The van der Waals surface area contributed by atoms with E-state index in [0.29, 0.717) is 12.5 Å². The van der Waals surface area contributed by atoms with Crippen molar-refractivity contribution in [2.24, 2.45) is 17.0 Å². The van der Waals surface area contributed by atoms with Gasteiger partial charge < -0.3 is 4.84 Å². The SMILES string of the molecule is C1=CC2CC2C(C2=NOCc3ccccc32)=C1. The molecule has 0 amide bonds. The average Bonchev–Trinajstić information content (AvgIpc) is 3.17. The molecule has 2 unspecified atom stereocenters. The first-order valence-corrected chi connectivity index (χ1v) is 6.10. The van der Waals surface area contributed by atoms with Crippen LogP contribution in [0, 0.1) is 11.8 Å². The molecule has 0 bridgehead atoms. The fraction of sp³-hybridized carbons (Fsp3) is 0.267. The molecule has 1 aliphatic heterocycles. The van der Waals surface area contributed by atoms with Gasteiger partial charge in [-0.25, -0.2) is 0 Å². The summed E-state index contributed by atoms with van der Waals surface area (Å²) in [5.41, 5.74) is 4.88. The van der Waals surface area contributed by atoms with Gasteiger partial charge in [-0.2, -0.15) is 0 Å². The highest BCUT2D eigenvalue weighted by Gasteiger charge is 2.41. The van der Waals surface area contributed by atoms with E-state index >= 15 is 0 Å². The predicted octanol–water partition coefficient (Wildman–Crippen LogP) is 3.05. The Morgan fingerprint density at radius 2 is 2.18 bits per heavy atom. The Hall–Kier alpha value is -1.83. The summed E-state index contributed by atoms with van der Waals surface area (Å²) in [7, 11) is 0. The van der Waals surface area contributed by atoms with Crippen molar-refractivity contribution in [2.75, 3.05) is 0 Å². The molecule has 84 valence electrons. The Morgan fingerprint density at radius 1 is 1.24 bits per heavy atom. The summed E-state index contributed by atoms with van der Waals surface area (Å²) < 4.78 is 0. The van der Waals surface area contributed by atoms with Crippen molar-refractivity contribution in [1.82, 2.24) is 0 Å². The van der Waals surface area contributed by atoms with Gasteiger partial charge in [0, 0.05) is 11.1 Å². The van der Waals surface area contributed by atoms with Crippen LogP contribution in [-0.2, 0) is 11.4 Å². The molecule has 2 aliphatic carbocycles. The van der Waals surface area contributed by atoms with Crippen LogP contribution in [0.15, 0.2) is 53.2 Å². The van der Waals surface area contributed by atoms with Crippen LogP contribution < -0.4 is 0 Å². The van der Waals surface area contributed by atoms with Crippen LogP contribution >= 0.6 is 0 Å². The maximum absolute atomic E-state index is 5.35. The first-order valence-electron chi connectivity index (χ1n) is 6.10. The van der Waals surface area contributed by atoms with Gasteiger partial charge >= 0.3 is 0 Å². The van der Waals surface area contributed by atoms with Crippen LogP contribution in [0.1, 0.15) is 17.5 Å². The third-order valence-electron chi connectivity index (χ3n) is 3.80. The lowest BCUT2D eigenvalue weighted by Crippen LogP contribution is -2.16. The molecule has 1 saturated carbocycles. The van der Waals surface area contributed by atoms with Gasteiger partial charge in [0.15, 0.2) is 0 Å². The third-order valence-corrected chi connectivity index (χ3v) is 3.80. The molecule has 4 rings (SSSR count). The van der Waals surface area contributed by atoms with Crippen molar-refractivity contribution >= 4 is 5.71 Å². The van der Waals surface area contributed by atoms with Gasteiger partial charge in [0.25, 0.3) is 0 Å². The largest absolute Gasteiger partial charge is 0.390 e. The zero-order valence-corrected chi connectivity index (χ0v) is 9.47. The van der Waals surface area contributed by atoms with Crippen LogP contribution in [-0.4, -0.2) is 5.71 Å². The Labute approximate surface area is 100 Å². The highest BCUT2D eigenvalue weighted by Crippen LogP contribution is 2.48. The minimum Gasteiger partial charge on any atom is -0.390 e. The van der Waals surface area contributed by atoms with E-state index in [2.05, 4.69) is 47.6 Å². The van der Waals surface area contributed by atoms with Crippen LogP contribution in [0.3, 0.4) is 0 Å². The number of rotatable bonds is 1. The van der Waals surface area contributed by atoms with Crippen molar-refractivity contribution in [3.63, 3.8) is 0 Å². The van der Waals surface area contributed by atoms with E-state index < -0.39 is 0 Å². The molecule has 1 aromatic carbocycles. The smallest absolute Gasteiger partial charge is 0.143 e. The van der Waals surface area contributed by atoms with Gasteiger partial charge in [0.05, 0.1) is 0 Å². The maximum Gasteiger partial charge on any atom is 0.143 e. The van der Waals surface area contributed by atoms with Crippen molar-refractivity contribution in [3.05, 3.63) is 59.2 Å².